The standard InChI is InChI=1S/C69H100ClN7O17/c1-14-74(9)41-50-37-49-19-15-16-20-52(49)77(50)27-24-51(78)34-47(22-23-61(82)83)40-71-26-29-91-31-30-90-28-25-59(80)72-63(42(2)3)54(79)33-44(5)65(84)75(10)46(7)66(85)93-58-38-60(81)76(11)53-35-48(36-55(88-12)62(53)70)32-43(4)18-17-21-57(89-13)69(87)39-56(92-67(86)73-69)45(6)64-68(58,8)94-64/h15-21,35-37,42,44-47,56-58,63-64,71,87H,14,22-34,38-41H2,1-13H3,(H,72,80)(H,73,86)(H,82,83)/b21-17+,43-18+/t44-,45-,46+,47-,56+,57-,58+,63+,64+,68-,69+/m1/s1. The number of carboxylic acids is 1. The molecule has 25 heteroatoms. The maximum atomic E-state index is 14.5. The summed E-state index contributed by atoms with van der Waals surface area (Å²) >= 11 is 6.85. The van der Waals surface area contributed by atoms with Crippen molar-refractivity contribution < 1.29 is 81.7 Å². The predicted molar refractivity (Wildman–Crippen MR) is 354 cm³/mol. The molecule has 1 aromatic heterocycles. The Bertz CT molecular complexity index is 3190. The van der Waals surface area contributed by atoms with Gasteiger partial charge in [0, 0.05) is 102 Å². The van der Waals surface area contributed by atoms with Crippen molar-refractivity contribution in [2.45, 2.75) is 174 Å². The van der Waals surface area contributed by atoms with E-state index in [0.717, 1.165) is 40.8 Å². The third-order valence-electron chi connectivity index (χ3n) is 18.2. The number of alkyl carbamates (subject to hydrolysis) is 1. The number of Topliss-reactive ketones (excluding diaryl/α,β-unsaturated/α-hetero) is 2. The van der Waals surface area contributed by atoms with Gasteiger partial charge in [0.05, 0.1) is 57.8 Å². The molecule has 0 radical (unpaired) electrons. The highest BCUT2D eigenvalue weighted by molar-refractivity contribution is 6.35. The average Bonchev–Trinajstić information content (AvgIpc) is 1.57. The quantitative estimate of drug-likeness (QED) is 0.0229. The van der Waals surface area contributed by atoms with Crippen molar-refractivity contribution in [3.8, 4) is 5.75 Å². The SMILES string of the molecule is CCN(C)Cc1cc2ccccc2n1CCC(=O)C[C@@H](CCC(=O)O)CNCCOCCOCCC(=O)N[C@H](C(=O)C[C@@H](C)C(=O)N(C)[C@@H](C)C(=O)O[C@H]1CC(=O)N(C)c2cc(cc(OC)c2Cl)C/C(C)=C/C=C/[C@@H](OC)[C@@]2(O)C[C@H](OC(=O)N2)[C@@H](C)[C@@H]2O[C@]12C)C(C)C. The number of ketones is 2. The molecule has 5 N–H and O–H groups in total. The Balaban J connectivity index is 0.974. The van der Waals surface area contributed by atoms with Crippen LogP contribution in [0.1, 0.15) is 118 Å². The number of carbonyl (C=O) groups is 8. The molecule has 2 saturated heterocycles. The number of aromatic nitrogens is 1. The van der Waals surface area contributed by atoms with Crippen LogP contribution in [0, 0.1) is 23.7 Å². The molecule has 2 aromatic carbocycles. The molecule has 0 unspecified atom stereocenters. The lowest BCUT2D eigenvalue weighted by Gasteiger charge is -2.42. The number of hydrogen-bond donors (Lipinski definition) is 5. The summed E-state index contributed by atoms with van der Waals surface area (Å²) in [5.74, 6) is -5.36. The monoisotopic (exact) mass is 1330 g/mol. The van der Waals surface area contributed by atoms with Crippen molar-refractivity contribution in [3.63, 3.8) is 0 Å². The van der Waals surface area contributed by atoms with Gasteiger partial charge in [-0.1, -0.05) is 88.2 Å². The van der Waals surface area contributed by atoms with E-state index in [1.807, 2.05) is 25.1 Å². The number of allylic oxidation sites excluding steroid dienone is 3. The molecule has 0 saturated carbocycles. The van der Waals surface area contributed by atoms with Crippen molar-refractivity contribution >= 4 is 75.5 Å². The molecule has 94 heavy (non-hydrogen) atoms. The lowest BCUT2D eigenvalue weighted by atomic mass is 9.83. The van der Waals surface area contributed by atoms with Crippen LogP contribution >= 0.6 is 11.6 Å². The summed E-state index contributed by atoms with van der Waals surface area (Å²) in [6, 6.07) is 11.7. The second-order valence-electron chi connectivity index (χ2n) is 25.9. The first kappa shape index (κ1) is 76.2. The van der Waals surface area contributed by atoms with Crippen LogP contribution in [0.15, 0.2) is 66.3 Å². The smallest absolute Gasteiger partial charge is 0.409 e. The van der Waals surface area contributed by atoms with Gasteiger partial charge >= 0.3 is 18.0 Å². The number of ether oxygens (including phenoxy) is 7. The molecule has 6 rings (SSSR count). The number of halogens is 1. The molecule has 4 heterocycles. The first-order chi connectivity index (χ1) is 44.5. The molecular weight excluding hydrogens is 1230 g/mol. The number of esters is 1. The van der Waals surface area contributed by atoms with Gasteiger partial charge in [0.15, 0.2) is 11.5 Å². The zero-order chi connectivity index (χ0) is 69.2. The van der Waals surface area contributed by atoms with Crippen LogP contribution in [0.3, 0.4) is 0 Å². The number of anilines is 1. The van der Waals surface area contributed by atoms with Crippen molar-refractivity contribution in [3.05, 3.63) is 82.5 Å². The number of para-hydroxylation sites is 1. The molecule has 4 amide bonds. The molecule has 11 atom stereocenters. The molecule has 24 nitrogen and oxygen atoms in total. The number of hydrogen-bond acceptors (Lipinski definition) is 18. The number of aryl methyl sites for hydroxylation is 1. The molecule has 3 aliphatic heterocycles. The fourth-order valence-electron chi connectivity index (χ4n) is 12.2. The molecule has 4 bridgehead atoms. The van der Waals surface area contributed by atoms with Crippen LogP contribution in [0.4, 0.5) is 10.5 Å². The van der Waals surface area contributed by atoms with Gasteiger partial charge in [0.25, 0.3) is 0 Å². The Labute approximate surface area is 557 Å². The minimum absolute atomic E-state index is 0.0413. The Morgan fingerprint density at radius 3 is 2.35 bits per heavy atom. The molecule has 3 aliphatic rings. The van der Waals surface area contributed by atoms with Gasteiger partial charge in [-0.2, -0.15) is 0 Å². The van der Waals surface area contributed by atoms with E-state index < -0.39 is 108 Å². The van der Waals surface area contributed by atoms with E-state index in [1.165, 1.54) is 45.0 Å². The highest BCUT2D eigenvalue weighted by Crippen LogP contribution is 2.49. The second kappa shape index (κ2) is 35.3. The zero-order valence-electron chi connectivity index (χ0n) is 57.0. The number of nitrogens with one attached hydrogen (secondary N) is 3. The van der Waals surface area contributed by atoms with Gasteiger partial charge < -0.3 is 73.3 Å². The number of fused-ring (bicyclic) bond motifs is 6. The van der Waals surface area contributed by atoms with Gasteiger partial charge in [-0.15, -0.1) is 0 Å². The molecule has 520 valence electrons. The minimum atomic E-state index is -1.90. The van der Waals surface area contributed by atoms with Gasteiger partial charge in [-0.25, -0.2) is 9.59 Å². The van der Waals surface area contributed by atoms with Crippen molar-refractivity contribution in [1.82, 2.24) is 30.3 Å². The zero-order valence-corrected chi connectivity index (χ0v) is 57.7. The summed E-state index contributed by atoms with van der Waals surface area (Å²) < 4.78 is 43.2. The van der Waals surface area contributed by atoms with E-state index in [9.17, 15) is 48.6 Å². The maximum Gasteiger partial charge on any atom is 0.409 e. The topological polar surface area (TPSA) is 296 Å². The summed E-state index contributed by atoms with van der Waals surface area (Å²) in [7, 11) is 7.87. The molecular formula is C69H100ClN7O17. The first-order valence-electron chi connectivity index (χ1n) is 32.6. The van der Waals surface area contributed by atoms with E-state index >= 15 is 0 Å². The van der Waals surface area contributed by atoms with Crippen LogP contribution in [-0.4, -0.2) is 201 Å². The van der Waals surface area contributed by atoms with Crippen LogP contribution in [0.2, 0.25) is 5.02 Å². The summed E-state index contributed by atoms with van der Waals surface area (Å²) in [5.41, 5.74) is 0.926. The Hall–Kier alpha value is -6.77. The summed E-state index contributed by atoms with van der Waals surface area (Å²) in [6.45, 7) is 17.9. The predicted octanol–water partition coefficient (Wildman–Crippen LogP) is 7.20. The number of carbonyl (C=O) groups excluding carboxylic acids is 7. The minimum Gasteiger partial charge on any atom is -0.495 e. The van der Waals surface area contributed by atoms with Crippen LogP contribution in [0.25, 0.3) is 10.9 Å². The lowest BCUT2D eigenvalue weighted by molar-refractivity contribution is -0.162. The lowest BCUT2D eigenvalue weighted by Crippen LogP contribution is -2.63. The second-order valence-corrected chi connectivity index (χ2v) is 26.2. The number of carboxylic acid groups (broad SMARTS) is 1. The number of epoxide rings is 1. The van der Waals surface area contributed by atoms with Crippen molar-refractivity contribution in [2.24, 2.45) is 23.7 Å². The van der Waals surface area contributed by atoms with Gasteiger partial charge in [-0.3, -0.25) is 34.1 Å². The third kappa shape index (κ3) is 20.9. The normalized spacial score (nSPS) is 23.8. The maximum absolute atomic E-state index is 14.5. The fraction of sp³-hybridized carbons (Fsp3) is 0.623. The Morgan fingerprint density at radius 2 is 1.67 bits per heavy atom. The van der Waals surface area contributed by atoms with Gasteiger partial charge in [0.2, 0.25) is 17.7 Å². The number of methoxy groups -OCH3 is 2. The van der Waals surface area contributed by atoms with E-state index in [2.05, 4.69) is 57.6 Å². The third-order valence-corrected chi connectivity index (χ3v) is 18.6. The average molecular weight is 1340 g/mol. The Kier molecular flexibility index (Phi) is 28.6. The van der Waals surface area contributed by atoms with Crippen LogP contribution < -0.4 is 25.6 Å². The van der Waals surface area contributed by atoms with E-state index in [-0.39, 0.29) is 74.6 Å². The molecule has 0 spiro atoms. The van der Waals surface area contributed by atoms with Crippen molar-refractivity contribution in [1.29, 1.82) is 0 Å². The van der Waals surface area contributed by atoms with Gasteiger partial charge in [0.1, 0.15) is 46.5 Å². The Morgan fingerprint density at radius 1 is 0.957 bits per heavy atom. The number of rotatable bonds is 33. The van der Waals surface area contributed by atoms with E-state index in [0.29, 0.717) is 56.9 Å². The van der Waals surface area contributed by atoms with Crippen LogP contribution in [-0.2, 0) is 81.5 Å². The molecule has 3 aromatic rings. The number of likely N-dealkylation sites (N-methyl/N-ethyl adjacent to an activating group) is 1. The highest BCUT2D eigenvalue weighted by atomic mass is 35.5. The molecule has 0 aliphatic carbocycles. The van der Waals surface area contributed by atoms with Crippen molar-refractivity contribution in [2.75, 3.05) is 86.3 Å². The highest BCUT2D eigenvalue weighted by Gasteiger charge is 2.64. The summed E-state index contributed by atoms with van der Waals surface area (Å²) in [6.07, 6.45) is 0.754. The number of aliphatic hydroxyl groups is 1. The van der Waals surface area contributed by atoms with Gasteiger partial charge in [-0.05, 0) is 101 Å². The summed E-state index contributed by atoms with van der Waals surface area (Å²) in [4.78, 5) is 113. The van der Waals surface area contributed by atoms with Crippen LogP contribution in [0.5, 0.6) is 5.75 Å². The molecule has 2 fully saturated rings. The fourth-order valence-corrected chi connectivity index (χ4v) is 12.5. The first-order valence-corrected chi connectivity index (χ1v) is 32.9. The largest absolute Gasteiger partial charge is 0.495 e. The number of benzene rings is 2. The number of amides is 4. The number of aliphatic carboxylic acids is 1. The van der Waals surface area contributed by atoms with E-state index in [1.54, 1.807) is 58.9 Å². The summed E-state index contributed by atoms with van der Waals surface area (Å²) in [5, 5.41) is 31.2. The number of nitrogens with zero attached hydrogens (tertiary/aromatic N) is 4. The van der Waals surface area contributed by atoms with E-state index in [4.69, 9.17) is 44.8 Å².